The first-order valence-corrected chi connectivity index (χ1v) is 31.2. The van der Waals surface area contributed by atoms with Gasteiger partial charge in [-0.25, -0.2) is 0 Å². The number of nitrogens with one attached hydrogen (secondary N) is 1. The van der Waals surface area contributed by atoms with Crippen molar-refractivity contribution in [2.45, 2.75) is 192 Å². The Bertz CT molecular complexity index is 2430. The molecule has 1 atom stereocenters. The average molecular weight is 963 g/mol. The van der Waals surface area contributed by atoms with E-state index in [-0.39, 0.29) is 28.4 Å². The molecule has 0 radical (unpaired) electrons. The normalized spacial score (nSPS) is 21.4. The lowest BCUT2D eigenvalue weighted by Gasteiger charge is -2.45. The number of rotatable bonds is 19. The van der Waals surface area contributed by atoms with E-state index >= 15 is 0 Å². The Balaban J connectivity index is 1.82. The van der Waals surface area contributed by atoms with Gasteiger partial charge in [0.25, 0.3) is 6.71 Å². The zero-order valence-electron chi connectivity index (χ0n) is 47.2. The molecule has 0 bridgehead atoms. The van der Waals surface area contributed by atoms with Crippen LogP contribution < -0.4 is 10.1 Å². The Hall–Kier alpha value is -3.80. The van der Waals surface area contributed by atoms with Crippen LogP contribution in [0.1, 0.15) is 173 Å². The first-order valence-electron chi connectivity index (χ1n) is 26.9. The van der Waals surface area contributed by atoms with E-state index in [4.69, 9.17) is 0 Å². The van der Waals surface area contributed by atoms with Gasteiger partial charge < -0.3 is 10.2 Å². The Kier molecular flexibility index (Phi) is 18.8. The van der Waals surface area contributed by atoms with E-state index in [9.17, 15) is 0 Å². The smallest absolute Gasteiger partial charge is 0.256 e. The van der Waals surface area contributed by atoms with Crippen molar-refractivity contribution in [2.75, 3.05) is 13.1 Å². The second-order valence-electron chi connectivity index (χ2n) is 24.7. The van der Waals surface area contributed by atoms with Gasteiger partial charge in [0.05, 0.1) is 8.07 Å². The fourth-order valence-electron chi connectivity index (χ4n) is 11.1. The molecule has 0 spiro atoms. The van der Waals surface area contributed by atoms with Gasteiger partial charge in [0.15, 0.2) is 0 Å². The number of fused-ring (bicyclic) bond motifs is 2. The fourth-order valence-corrected chi connectivity index (χ4v) is 13.6. The third kappa shape index (κ3) is 13.4. The molecule has 2 aromatic rings. The zero-order valence-corrected chi connectivity index (χ0v) is 49.0. The summed E-state index contributed by atoms with van der Waals surface area (Å²) in [6, 6.07) is 7.76. The van der Waals surface area contributed by atoms with Gasteiger partial charge in [-0.3, -0.25) is 0 Å². The predicted molar refractivity (Wildman–Crippen MR) is 316 cm³/mol. The summed E-state index contributed by atoms with van der Waals surface area (Å²) in [6.07, 6.45) is 38.2. The van der Waals surface area contributed by atoms with Crippen molar-refractivity contribution in [2.24, 2.45) is 16.7 Å². The van der Waals surface area contributed by atoms with E-state index in [1.807, 2.05) is 11.3 Å². The van der Waals surface area contributed by atoms with Crippen LogP contribution in [-0.4, -0.2) is 32.8 Å². The van der Waals surface area contributed by atoms with Crippen LogP contribution in [0, 0.1) is 16.7 Å². The standard InChI is InChI=1S/C64H95BN2SSi/c1-20-24-25-26-27-28-32-52-53(62(11,12)35-34-61(52,9)10)33-39-67-48(8)56(42-49(30-21-2)47(7)22-3)65(57(58(67)40-46(5)6)45-66-38-29-31-51(23-4)69(17,18)19)60-43-50-41-54-55(44-59(50)68-60)64(15,16)37-36-63(54,13)14/h20,23-26,29,31-33,38,40-44,47,66H,4,21-22,27-28,30,34-37,39,45H2,1-3,5-19H3/b24-20-,26-25-,38-29+,49-42+,51-31+,52-32+,53-33+. The van der Waals surface area contributed by atoms with E-state index in [1.54, 1.807) is 16.7 Å². The molecule has 1 unspecified atom stereocenters. The highest BCUT2D eigenvalue weighted by Crippen LogP contribution is 2.53. The molecule has 2 aliphatic carbocycles. The summed E-state index contributed by atoms with van der Waals surface area (Å²) in [6.45, 7) is 49.1. The number of unbranched alkanes of at least 4 members (excludes halogenated alkanes) is 1. The minimum absolute atomic E-state index is 0.0777. The maximum absolute atomic E-state index is 4.19. The lowest BCUT2D eigenvalue weighted by atomic mass is 9.36. The molecule has 1 aromatic carbocycles. The van der Waals surface area contributed by atoms with Crippen LogP contribution in [0.3, 0.4) is 0 Å². The Morgan fingerprint density at radius 2 is 1.46 bits per heavy atom. The second kappa shape index (κ2) is 23.2. The molecule has 5 rings (SSSR count). The maximum atomic E-state index is 4.19. The molecule has 374 valence electrons. The molecule has 2 nitrogen and oxygen atoms in total. The third-order valence-electron chi connectivity index (χ3n) is 16.0. The lowest BCUT2D eigenvalue weighted by molar-refractivity contribution is 0.257. The highest BCUT2D eigenvalue weighted by Gasteiger charge is 2.42. The van der Waals surface area contributed by atoms with E-state index in [0.717, 1.165) is 45.2 Å². The maximum Gasteiger partial charge on any atom is 0.256 e. The van der Waals surface area contributed by atoms with Crippen molar-refractivity contribution < 1.29 is 0 Å². The van der Waals surface area contributed by atoms with Crippen molar-refractivity contribution in [1.82, 2.24) is 10.2 Å². The first kappa shape index (κ1) is 56.1. The Labute approximate surface area is 429 Å². The number of nitrogens with zero attached hydrogens (tertiary/aromatic N) is 1. The summed E-state index contributed by atoms with van der Waals surface area (Å²) >= 11 is 2.04. The molecular weight excluding hydrogens is 868 g/mol. The van der Waals surface area contributed by atoms with E-state index < -0.39 is 8.07 Å². The summed E-state index contributed by atoms with van der Waals surface area (Å²) in [5.41, 5.74) is 15.2. The summed E-state index contributed by atoms with van der Waals surface area (Å²) in [5.74, 6) is 0.510. The minimum Gasteiger partial charge on any atom is -0.388 e. The molecule has 1 fully saturated rings. The molecule has 0 saturated heterocycles. The monoisotopic (exact) mass is 963 g/mol. The lowest BCUT2D eigenvalue weighted by Crippen LogP contribution is -2.44. The van der Waals surface area contributed by atoms with Gasteiger partial charge in [0.1, 0.15) is 0 Å². The van der Waals surface area contributed by atoms with Gasteiger partial charge in [-0.05, 0) is 187 Å². The molecule has 5 heteroatoms. The second-order valence-corrected chi connectivity index (χ2v) is 30.9. The van der Waals surface area contributed by atoms with Crippen molar-refractivity contribution in [3.05, 3.63) is 159 Å². The largest absolute Gasteiger partial charge is 0.388 e. The number of hydrogen-bond donors (Lipinski definition) is 1. The minimum atomic E-state index is -1.52. The summed E-state index contributed by atoms with van der Waals surface area (Å²) in [7, 11) is -1.52. The number of benzene rings is 1. The molecule has 0 amide bonds. The third-order valence-corrected chi connectivity index (χ3v) is 19.3. The van der Waals surface area contributed by atoms with Gasteiger partial charge in [0.2, 0.25) is 0 Å². The summed E-state index contributed by atoms with van der Waals surface area (Å²) in [4.78, 5) is 2.70. The van der Waals surface area contributed by atoms with Crippen molar-refractivity contribution in [1.29, 1.82) is 0 Å². The van der Waals surface area contributed by atoms with Gasteiger partial charge in [0, 0.05) is 29.2 Å². The molecule has 1 aliphatic heterocycles. The first-order chi connectivity index (χ1) is 32.3. The van der Waals surface area contributed by atoms with Crippen LogP contribution in [0.5, 0.6) is 0 Å². The number of thiophene rings is 1. The quantitative estimate of drug-likeness (QED) is 0.0857. The Morgan fingerprint density at radius 3 is 2.04 bits per heavy atom. The molecular formula is C64H95BN2SSi. The Morgan fingerprint density at radius 1 is 0.841 bits per heavy atom. The van der Waals surface area contributed by atoms with Gasteiger partial charge in [-0.2, -0.15) is 0 Å². The van der Waals surface area contributed by atoms with Gasteiger partial charge >= 0.3 is 0 Å². The molecule has 1 saturated carbocycles. The van der Waals surface area contributed by atoms with Crippen LogP contribution in [0.15, 0.2) is 148 Å². The van der Waals surface area contributed by atoms with E-state index in [2.05, 4.69) is 232 Å². The fraction of sp³-hybridized carbons (Fsp3) is 0.531. The number of allylic oxidation sites excluding steroid dienone is 17. The van der Waals surface area contributed by atoms with Crippen LogP contribution in [-0.2, 0) is 10.8 Å². The summed E-state index contributed by atoms with van der Waals surface area (Å²) < 4.78 is 2.87. The molecule has 2 heterocycles. The molecule has 1 N–H and O–H groups in total. The average Bonchev–Trinajstić information content (AvgIpc) is 3.69. The van der Waals surface area contributed by atoms with Gasteiger partial charge in [-0.15, -0.1) is 11.3 Å². The van der Waals surface area contributed by atoms with E-state index in [0.29, 0.717) is 5.92 Å². The van der Waals surface area contributed by atoms with Crippen LogP contribution in [0.25, 0.3) is 10.1 Å². The number of hydrogen-bond acceptors (Lipinski definition) is 3. The van der Waals surface area contributed by atoms with Crippen LogP contribution >= 0.6 is 11.3 Å². The highest BCUT2D eigenvalue weighted by molar-refractivity contribution is 7.30. The molecule has 1 aromatic heterocycles. The van der Waals surface area contributed by atoms with E-state index in [1.165, 1.54) is 84.8 Å². The molecule has 69 heavy (non-hydrogen) atoms. The topological polar surface area (TPSA) is 15.3 Å². The van der Waals surface area contributed by atoms with Crippen LogP contribution in [0.2, 0.25) is 19.6 Å². The molecule has 3 aliphatic rings. The van der Waals surface area contributed by atoms with Crippen molar-refractivity contribution >= 4 is 41.0 Å². The highest BCUT2D eigenvalue weighted by atomic mass is 32.1. The van der Waals surface area contributed by atoms with Crippen molar-refractivity contribution in [3.63, 3.8) is 0 Å². The van der Waals surface area contributed by atoms with Crippen molar-refractivity contribution in [3.8, 4) is 0 Å². The predicted octanol–water partition coefficient (Wildman–Crippen LogP) is 18.3. The SMILES string of the molecule is C=C/C(=C\C=C\NCC1=C(C=C(C)C)N(C/C=C2\C(=C/CC/C=C\C=C/C)C(C)(C)CCC2(C)C)C(C)=C(/C=C(\CCC)C(C)CC)B1c1cc2cc3c(cc2s1)C(C)(C)CCC3(C)C)[Si](C)(C)C. The summed E-state index contributed by atoms with van der Waals surface area (Å²) in [5, 5.41) is 6.67. The zero-order chi connectivity index (χ0) is 51.1. The van der Waals surface area contributed by atoms with Gasteiger partial charge in [-0.1, -0.05) is 180 Å². The van der Waals surface area contributed by atoms with Crippen LogP contribution in [0.4, 0.5) is 0 Å².